The van der Waals surface area contributed by atoms with Gasteiger partial charge in [-0.25, -0.2) is 0 Å². The summed E-state index contributed by atoms with van der Waals surface area (Å²) < 4.78 is 0. The third kappa shape index (κ3) is 2.61. The molecule has 90 valence electrons. The molecule has 0 radical (unpaired) electrons. The van der Waals surface area contributed by atoms with Crippen LogP contribution in [-0.2, 0) is 0 Å². The molecular formula is C12H14N2O3. The third-order valence-corrected chi connectivity index (χ3v) is 3.09. The lowest BCUT2D eigenvalue weighted by atomic mass is 10.1. The second-order valence-electron chi connectivity index (χ2n) is 4.24. The van der Waals surface area contributed by atoms with Gasteiger partial charge in [-0.2, -0.15) is 0 Å². The van der Waals surface area contributed by atoms with Gasteiger partial charge in [0.05, 0.1) is 6.54 Å². The first kappa shape index (κ1) is 11.6. The molecule has 17 heavy (non-hydrogen) atoms. The van der Waals surface area contributed by atoms with Gasteiger partial charge >= 0.3 is 0 Å². The highest BCUT2D eigenvalue weighted by atomic mass is 16.6. The molecule has 1 aromatic carbocycles. The van der Waals surface area contributed by atoms with Gasteiger partial charge in [-0.15, -0.1) is 0 Å². The van der Waals surface area contributed by atoms with Crippen molar-refractivity contribution in [3.05, 3.63) is 39.9 Å². The fourth-order valence-corrected chi connectivity index (χ4v) is 2.13. The minimum Gasteiger partial charge on any atom is -0.365 e. The Kier molecular flexibility index (Phi) is 3.37. The molecule has 0 saturated carbocycles. The van der Waals surface area contributed by atoms with E-state index in [-0.39, 0.29) is 4.92 Å². The molecule has 0 N–H and O–H groups in total. The zero-order chi connectivity index (χ0) is 12.3. The summed E-state index contributed by atoms with van der Waals surface area (Å²) in [7, 11) is 0. The standard InChI is InChI=1S/C12H14N2O3/c15-9-10-3-5-11(6-4-10)13-7-1-2-12(8-13)14(16)17/h3-6,9,12H,1-2,7-8H2. The molecule has 1 aliphatic rings. The van der Waals surface area contributed by atoms with Crippen LogP contribution in [0.2, 0.25) is 0 Å². The molecule has 0 aliphatic carbocycles. The van der Waals surface area contributed by atoms with Crippen molar-refractivity contribution in [2.45, 2.75) is 18.9 Å². The highest BCUT2D eigenvalue weighted by molar-refractivity contribution is 5.75. The van der Waals surface area contributed by atoms with Crippen LogP contribution >= 0.6 is 0 Å². The highest BCUT2D eigenvalue weighted by Gasteiger charge is 2.27. The van der Waals surface area contributed by atoms with Crippen LogP contribution in [0, 0.1) is 10.1 Å². The monoisotopic (exact) mass is 234 g/mol. The van der Waals surface area contributed by atoms with Crippen LogP contribution in [0.5, 0.6) is 0 Å². The molecule has 0 bridgehead atoms. The van der Waals surface area contributed by atoms with Crippen LogP contribution in [0.25, 0.3) is 0 Å². The maximum Gasteiger partial charge on any atom is 0.230 e. The molecule has 5 heteroatoms. The Labute approximate surface area is 99.2 Å². The fourth-order valence-electron chi connectivity index (χ4n) is 2.13. The smallest absolute Gasteiger partial charge is 0.230 e. The van der Waals surface area contributed by atoms with Gasteiger partial charge in [0, 0.05) is 29.1 Å². The Bertz CT molecular complexity index is 416. The second-order valence-corrected chi connectivity index (χ2v) is 4.24. The number of nitro groups is 1. The first-order chi connectivity index (χ1) is 8.20. The zero-order valence-electron chi connectivity index (χ0n) is 9.41. The molecule has 5 nitrogen and oxygen atoms in total. The van der Waals surface area contributed by atoms with Crippen LogP contribution in [0.15, 0.2) is 24.3 Å². The summed E-state index contributed by atoms with van der Waals surface area (Å²) in [6.45, 7) is 1.29. The summed E-state index contributed by atoms with van der Waals surface area (Å²) in [5.74, 6) is 0. The normalized spacial score (nSPS) is 20.0. The minimum absolute atomic E-state index is 0.202. The molecule has 1 aliphatic heterocycles. The van der Waals surface area contributed by atoms with E-state index in [1.165, 1.54) is 0 Å². The van der Waals surface area contributed by atoms with Crippen molar-refractivity contribution in [2.24, 2.45) is 0 Å². The van der Waals surface area contributed by atoms with Gasteiger partial charge < -0.3 is 4.90 Å². The van der Waals surface area contributed by atoms with E-state index in [4.69, 9.17) is 0 Å². The molecule has 1 fully saturated rings. The van der Waals surface area contributed by atoms with Crippen molar-refractivity contribution in [1.29, 1.82) is 0 Å². The molecule has 0 spiro atoms. The van der Waals surface area contributed by atoms with E-state index in [0.29, 0.717) is 18.5 Å². The molecule has 0 aromatic heterocycles. The van der Waals surface area contributed by atoms with Crippen LogP contribution in [0.4, 0.5) is 5.69 Å². The van der Waals surface area contributed by atoms with Crippen molar-refractivity contribution in [3.63, 3.8) is 0 Å². The number of rotatable bonds is 3. The zero-order valence-corrected chi connectivity index (χ0v) is 9.41. The van der Waals surface area contributed by atoms with Gasteiger partial charge in [0.2, 0.25) is 6.04 Å². The van der Waals surface area contributed by atoms with E-state index in [1.807, 2.05) is 17.0 Å². The van der Waals surface area contributed by atoms with Crippen LogP contribution in [0.1, 0.15) is 23.2 Å². The summed E-state index contributed by atoms with van der Waals surface area (Å²) in [5, 5.41) is 10.8. The second kappa shape index (κ2) is 4.95. The Morgan fingerprint density at radius 2 is 2.06 bits per heavy atom. The van der Waals surface area contributed by atoms with E-state index in [1.54, 1.807) is 12.1 Å². The largest absolute Gasteiger partial charge is 0.365 e. The van der Waals surface area contributed by atoms with Gasteiger partial charge in [0.1, 0.15) is 6.29 Å². The number of nitrogens with zero attached hydrogens (tertiary/aromatic N) is 2. The molecule has 1 saturated heterocycles. The van der Waals surface area contributed by atoms with E-state index in [2.05, 4.69) is 0 Å². The molecular weight excluding hydrogens is 220 g/mol. The van der Waals surface area contributed by atoms with E-state index >= 15 is 0 Å². The number of hydrogen-bond donors (Lipinski definition) is 0. The number of anilines is 1. The van der Waals surface area contributed by atoms with Gasteiger partial charge in [-0.05, 0) is 30.7 Å². The number of benzene rings is 1. The van der Waals surface area contributed by atoms with E-state index in [9.17, 15) is 14.9 Å². The predicted molar refractivity (Wildman–Crippen MR) is 64.1 cm³/mol. The first-order valence-corrected chi connectivity index (χ1v) is 5.64. The number of piperidine rings is 1. The molecule has 1 atom stereocenters. The fraction of sp³-hybridized carbons (Fsp3) is 0.417. The summed E-state index contributed by atoms with van der Waals surface area (Å²) in [6, 6.07) is 6.67. The Morgan fingerprint density at radius 1 is 1.35 bits per heavy atom. The Hall–Kier alpha value is -1.91. The summed E-state index contributed by atoms with van der Waals surface area (Å²) in [4.78, 5) is 23.1. The summed E-state index contributed by atoms with van der Waals surface area (Å²) >= 11 is 0. The Morgan fingerprint density at radius 3 is 2.65 bits per heavy atom. The SMILES string of the molecule is O=Cc1ccc(N2CCCC([N+](=O)[O-])C2)cc1. The van der Waals surface area contributed by atoms with E-state index < -0.39 is 6.04 Å². The molecule has 2 rings (SSSR count). The summed E-state index contributed by atoms with van der Waals surface area (Å²) in [6.07, 6.45) is 2.27. The van der Waals surface area contributed by atoms with Crippen LogP contribution in [0.3, 0.4) is 0 Å². The lowest BCUT2D eigenvalue weighted by Gasteiger charge is -2.30. The van der Waals surface area contributed by atoms with Crippen molar-refractivity contribution >= 4 is 12.0 Å². The molecule has 1 heterocycles. The third-order valence-electron chi connectivity index (χ3n) is 3.09. The summed E-state index contributed by atoms with van der Waals surface area (Å²) in [5.41, 5.74) is 1.57. The first-order valence-electron chi connectivity index (χ1n) is 5.64. The van der Waals surface area contributed by atoms with Gasteiger partial charge in [-0.3, -0.25) is 14.9 Å². The average Bonchev–Trinajstić information content (AvgIpc) is 2.39. The van der Waals surface area contributed by atoms with Gasteiger partial charge in [-0.1, -0.05) is 0 Å². The number of carbonyl (C=O) groups excluding carboxylic acids is 1. The highest BCUT2D eigenvalue weighted by Crippen LogP contribution is 2.21. The maximum atomic E-state index is 10.8. The topological polar surface area (TPSA) is 63.5 Å². The van der Waals surface area contributed by atoms with E-state index in [0.717, 1.165) is 24.9 Å². The van der Waals surface area contributed by atoms with Gasteiger partial charge in [0.15, 0.2) is 0 Å². The lowest BCUT2D eigenvalue weighted by Crippen LogP contribution is -2.42. The van der Waals surface area contributed by atoms with Crippen molar-refractivity contribution < 1.29 is 9.72 Å². The number of carbonyl (C=O) groups is 1. The van der Waals surface area contributed by atoms with Crippen molar-refractivity contribution in [1.82, 2.24) is 0 Å². The Balaban J connectivity index is 2.10. The predicted octanol–water partition coefficient (Wildman–Crippen LogP) is 1.74. The lowest BCUT2D eigenvalue weighted by molar-refractivity contribution is -0.521. The number of hydrogen-bond acceptors (Lipinski definition) is 4. The van der Waals surface area contributed by atoms with Crippen LogP contribution in [-0.4, -0.2) is 30.3 Å². The van der Waals surface area contributed by atoms with Crippen LogP contribution < -0.4 is 4.90 Å². The average molecular weight is 234 g/mol. The maximum absolute atomic E-state index is 10.8. The molecule has 1 aromatic rings. The van der Waals surface area contributed by atoms with Crippen molar-refractivity contribution in [2.75, 3.05) is 18.0 Å². The minimum atomic E-state index is -0.477. The van der Waals surface area contributed by atoms with Gasteiger partial charge in [0.25, 0.3) is 0 Å². The quantitative estimate of drug-likeness (QED) is 0.454. The van der Waals surface area contributed by atoms with Crippen molar-refractivity contribution in [3.8, 4) is 0 Å². The number of aldehydes is 1. The molecule has 0 amide bonds. The molecule has 1 unspecified atom stereocenters.